The summed E-state index contributed by atoms with van der Waals surface area (Å²) in [4.78, 5) is 19.4. The molecule has 4 aromatic rings. The van der Waals surface area contributed by atoms with Crippen molar-refractivity contribution >= 4 is 11.9 Å². The molecule has 0 fully saturated rings. The van der Waals surface area contributed by atoms with E-state index in [2.05, 4.69) is 48.8 Å². The highest BCUT2D eigenvalue weighted by atomic mass is 16.4. The van der Waals surface area contributed by atoms with Crippen LogP contribution in [-0.2, 0) is 31.1 Å². The summed E-state index contributed by atoms with van der Waals surface area (Å²) in [5.41, 5.74) is 5.43. The number of aryl methyl sites for hydroxylation is 1. The number of carbonyl (C=O) groups is 1. The lowest BCUT2D eigenvalue weighted by atomic mass is 10.0. The fourth-order valence-corrected chi connectivity index (χ4v) is 3.74. The Kier molecular flexibility index (Phi) is 4.66. The van der Waals surface area contributed by atoms with Crippen molar-refractivity contribution in [2.45, 2.75) is 25.3 Å². The topological polar surface area (TPSA) is 132 Å². The van der Waals surface area contributed by atoms with E-state index in [1.54, 1.807) is 17.1 Å². The second kappa shape index (κ2) is 7.63. The molecular formula is C21H19N7O3. The van der Waals surface area contributed by atoms with Gasteiger partial charge in [-0.3, -0.25) is 9.48 Å². The average molecular weight is 417 g/mol. The van der Waals surface area contributed by atoms with Crippen LogP contribution >= 0.6 is 0 Å². The van der Waals surface area contributed by atoms with Crippen LogP contribution in [0.2, 0.25) is 0 Å². The van der Waals surface area contributed by atoms with Crippen LogP contribution in [0.3, 0.4) is 0 Å². The molecule has 1 unspecified atom stereocenters. The van der Waals surface area contributed by atoms with Crippen molar-refractivity contribution in [3.63, 3.8) is 0 Å². The summed E-state index contributed by atoms with van der Waals surface area (Å²) in [6.45, 7) is 0. The molecule has 0 radical (unpaired) electrons. The van der Waals surface area contributed by atoms with Gasteiger partial charge in [-0.25, -0.2) is 9.97 Å². The molecule has 3 heterocycles. The second-order valence-corrected chi connectivity index (χ2v) is 7.50. The molecule has 1 aliphatic rings. The molecule has 0 amide bonds. The molecule has 3 aromatic heterocycles. The summed E-state index contributed by atoms with van der Waals surface area (Å²) >= 11 is 0. The fourth-order valence-electron chi connectivity index (χ4n) is 3.74. The highest BCUT2D eigenvalue weighted by Crippen LogP contribution is 2.29. The van der Waals surface area contributed by atoms with Crippen LogP contribution in [-0.4, -0.2) is 47.1 Å². The number of aromatic nitrogens is 6. The minimum absolute atomic E-state index is 0.0408. The molecular weight excluding hydrogens is 398 g/mol. The molecule has 0 aliphatic heterocycles. The van der Waals surface area contributed by atoms with E-state index in [9.17, 15) is 4.79 Å². The van der Waals surface area contributed by atoms with Crippen molar-refractivity contribution < 1.29 is 14.3 Å². The maximum atomic E-state index is 10.7. The van der Waals surface area contributed by atoms with E-state index in [0.29, 0.717) is 11.5 Å². The van der Waals surface area contributed by atoms with E-state index < -0.39 is 5.97 Å². The van der Waals surface area contributed by atoms with Gasteiger partial charge in [0.15, 0.2) is 0 Å². The molecule has 0 spiro atoms. The lowest BCUT2D eigenvalue weighted by Crippen LogP contribution is -2.20. The predicted octanol–water partition coefficient (Wildman–Crippen LogP) is 2.13. The maximum absolute atomic E-state index is 10.7. The third kappa shape index (κ3) is 4.00. The predicted molar refractivity (Wildman–Crippen MR) is 110 cm³/mol. The number of carboxylic acid groups (broad SMARTS) is 1. The molecule has 10 heteroatoms. The van der Waals surface area contributed by atoms with E-state index in [1.807, 2.05) is 19.4 Å². The molecule has 156 valence electrons. The number of hydrogen-bond donors (Lipinski definition) is 2. The Balaban J connectivity index is 1.25. The molecule has 2 N–H and O–H groups in total. The molecule has 0 saturated heterocycles. The molecule has 10 nitrogen and oxygen atoms in total. The van der Waals surface area contributed by atoms with E-state index >= 15 is 0 Å². The fraction of sp³-hybridized carbons (Fsp3) is 0.238. The number of anilines is 1. The summed E-state index contributed by atoms with van der Waals surface area (Å²) < 4.78 is 7.14. The Labute approximate surface area is 177 Å². The average Bonchev–Trinajstić information content (AvgIpc) is 3.47. The first-order valence-electron chi connectivity index (χ1n) is 9.77. The van der Waals surface area contributed by atoms with Crippen molar-refractivity contribution in [1.29, 1.82) is 0 Å². The number of aliphatic carboxylic acids is 1. The standard InChI is InChI=1S/C21H19N7O3/c1-28-11-16(10-24-28)12-2-3-13-5-17(6-14(13)4-12)25-21-22-8-15(9-23-21)20-27-26-18(31-20)7-19(29)30/h2-4,8-11,17H,5-7H2,1H3,(H,29,30)(H,22,23,25). The molecule has 5 rings (SSSR count). The number of fused-ring (bicyclic) bond motifs is 1. The maximum Gasteiger partial charge on any atom is 0.312 e. The zero-order chi connectivity index (χ0) is 21.4. The van der Waals surface area contributed by atoms with E-state index in [4.69, 9.17) is 9.52 Å². The quantitative estimate of drug-likeness (QED) is 0.484. The Morgan fingerprint density at radius 3 is 2.68 bits per heavy atom. The minimum atomic E-state index is -1.03. The van der Waals surface area contributed by atoms with Crippen molar-refractivity contribution in [2.24, 2.45) is 7.05 Å². The van der Waals surface area contributed by atoms with Gasteiger partial charge in [-0.15, -0.1) is 10.2 Å². The third-order valence-corrected chi connectivity index (χ3v) is 5.18. The molecule has 1 aliphatic carbocycles. The first-order chi connectivity index (χ1) is 15.0. The summed E-state index contributed by atoms with van der Waals surface area (Å²) in [6, 6.07) is 6.73. The van der Waals surface area contributed by atoms with Gasteiger partial charge in [-0.1, -0.05) is 18.2 Å². The van der Waals surface area contributed by atoms with Crippen molar-refractivity contribution in [1.82, 2.24) is 29.9 Å². The van der Waals surface area contributed by atoms with Gasteiger partial charge in [-0.2, -0.15) is 5.10 Å². The molecule has 1 atom stereocenters. The van der Waals surface area contributed by atoms with E-state index in [0.717, 1.165) is 24.0 Å². The summed E-state index contributed by atoms with van der Waals surface area (Å²) in [6.07, 6.45) is 8.50. The first kappa shape index (κ1) is 18.9. The molecule has 1 aromatic carbocycles. The van der Waals surface area contributed by atoms with Crippen LogP contribution in [0.25, 0.3) is 22.6 Å². The summed E-state index contributed by atoms with van der Waals surface area (Å²) in [7, 11) is 1.91. The molecule has 31 heavy (non-hydrogen) atoms. The Morgan fingerprint density at radius 2 is 1.94 bits per heavy atom. The van der Waals surface area contributed by atoms with Crippen molar-refractivity contribution in [2.75, 3.05) is 5.32 Å². The lowest BCUT2D eigenvalue weighted by Gasteiger charge is -2.11. The normalized spacial score (nSPS) is 15.1. The number of rotatable bonds is 6. The van der Waals surface area contributed by atoms with Crippen LogP contribution in [0, 0.1) is 0 Å². The van der Waals surface area contributed by atoms with Crippen LogP contribution in [0.1, 0.15) is 17.0 Å². The van der Waals surface area contributed by atoms with Gasteiger partial charge in [0.1, 0.15) is 6.42 Å². The number of benzene rings is 1. The van der Waals surface area contributed by atoms with E-state index in [1.165, 1.54) is 11.1 Å². The van der Waals surface area contributed by atoms with E-state index in [-0.39, 0.29) is 24.2 Å². The van der Waals surface area contributed by atoms with Gasteiger partial charge in [0, 0.05) is 37.2 Å². The van der Waals surface area contributed by atoms with Gasteiger partial charge in [0.05, 0.1) is 11.8 Å². The van der Waals surface area contributed by atoms with Crippen molar-refractivity contribution in [3.05, 3.63) is 60.0 Å². The number of nitrogens with one attached hydrogen (secondary N) is 1. The Hall–Kier alpha value is -4.08. The second-order valence-electron chi connectivity index (χ2n) is 7.50. The Bertz CT molecular complexity index is 1250. The third-order valence-electron chi connectivity index (χ3n) is 5.18. The highest BCUT2D eigenvalue weighted by molar-refractivity contribution is 5.69. The van der Waals surface area contributed by atoms with Crippen LogP contribution in [0.5, 0.6) is 0 Å². The van der Waals surface area contributed by atoms with Gasteiger partial charge in [0.2, 0.25) is 11.8 Å². The molecule has 0 bridgehead atoms. The first-order valence-corrected chi connectivity index (χ1v) is 9.77. The van der Waals surface area contributed by atoms with Gasteiger partial charge < -0.3 is 14.8 Å². The van der Waals surface area contributed by atoms with Gasteiger partial charge in [-0.05, 0) is 29.5 Å². The zero-order valence-electron chi connectivity index (χ0n) is 16.7. The highest BCUT2D eigenvalue weighted by Gasteiger charge is 2.23. The molecule has 0 saturated carbocycles. The zero-order valence-corrected chi connectivity index (χ0v) is 16.7. The van der Waals surface area contributed by atoms with Gasteiger partial charge >= 0.3 is 5.97 Å². The van der Waals surface area contributed by atoms with Crippen LogP contribution in [0.4, 0.5) is 5.95 Å². The van der Waals surface area contributed by atoms with Crippen LogP contribution in [0.15, 0.2) is 47.4 Å². The lowest BCUT2D eigenvalue weighted by molar-refractivity contribution is -0.136. The summed E-state index contributed by atoms with van der Waals surface area (Å²) in [5.74, 6) is -0.284. The monoisotopic (exact) mass is 417 g/mol. The largest absolute Gasteiger partial charge is 0.481 e. The Morgan fingerprint density at radius 1 is 1.13 bits per heavy atom. The number of carboxylic acids is 1. The smallest absolute Gasteiger partial charge is 0.312 e. The number of nitrogens with zero attached hydrogens (tertiary/aromatic N) is 6. The summed E-state index contributed by atoms with van der Waals surface area (Å²) in [5, 5.41) is 24.0. The van der Waals surface area contributed by atoms with Crippen molar-refractivity contribution in [3.8, 4) is 22.6 Å². The number of hydrogen-bond acceptors (Lipinski definition) is 8. The van der Waals surface area contributed by atoms with Gasteiger partial charge in [0.25, 0.3) is 5.89 Å². The van der Waals surface area contributed by atoms with Crippen LogP contribution < -0.4 is 5.32 Å². The minimum Gasteiger partial charge on any atom is -0.481 e. The SMILES string of the molecule is Cn1cc(-c2ccc3c(c2)CC(Nc2ncc(-c4nnc(CC(=O)O)o4)cn2)C3)cn1.